The van der Waals surface area contributed by atoms with Gasteiger partial charge in [-0.15, -0.1) is 0 Å². The molecule has 2 aromatic carbocycles. The number of rotatable bonds is 4. The van der Waals surface area contributed by atoms with Gasteiger partial charge in [0.2, 0.25) is 0 Å². The highest BCUT2D eigenvalue weighted by Gasteiger charge is 2.29. The van der Waals surface area contributed by atoms with Gasteiger partial charge in [0.05, 0.1) is 5.69 Å². The van der Waals surface area contributed by atoms with Crippen molar-refractivity contribution in [1.82, 2.24) is 23.8 Å². The standard InChI is InChI=1S/C25H25N5O2/c1-27-25(32)30(22-7-3-2-4-8-22)23(26-27)19-13-17-29(18-14-19)24(31)20-9-11-21(12-10-20)28-15-5-6-16-28/h2-12,15-16,19H,13-14,17-18H2,1H3. The van der Waals surface area contributed by atoms with Crippen LogP contribution in [0.4, 0.5) is 0 Å². The van der Waals surface area contributed by atoms with Crippen LogP contribution in [-0.2, 0) is 7.05 Å². The van der Waals surface area contributed by atoms with Crippen LogP contribution in [0.1, 0.15) is 34.9 Å². The van der Waals surface area contributed by atoms with E-state index in [1.54, 1.807) is 11.6 Å². The lowest BCUT2D eigenvalue weighted by atomic mass is 9.95. The van der Waals surface area contributed by atoms with Crippen LogP contribution in [-0.4, -0.2) is 42.8 Å². The molecule has 0 N–H and O–H groups in total. The molecule has 7 heteroatoms. The third-order valence-corrected chi connectivity index (χ3v) is 6.13. The summed E-state index contributed by atoms with van der Waals surface area (Å²) >= 11 is 0. The highest BCUT2D eigenvalue weighted by Crippen LogP contribution is 2.28. The quantitative estimate of drug-likeness (QED) is 0.502. The molecule has 1 aliphatic heterocycles. The molecular formula is C25H25N5O2. The number of amides is 1. The molecule has 0 unspecified atom stereocenters. The first kappa shape index (κ1) is 20.1. The fourth-order valence-electron chi connectivity index (χ4n) is 4.37. The molecule has 0 bridgehead atoms. The van der Waals surface area contributed by atoms with Crippen LogP contribution in [0.25, 0.3) is 11.4 Å². The van der Waals surface area contributed by atoms with Gasteiger partial charge >= 0.3 is 5.69 Å². The average Bonchev–Trinajstić information content (AvgIpc) is 3.48. The van der Waals surface area contributed by atoms with Crippen molar-refractivity contribution in [3.8, 4) is 11.4 Å². The summed E-state index contributed by atoms with van der Waals surface area (Å²) in [4.78, 5) is 27.6. The molecule has 7 nitrogen and oxygen atoms in total. The van der Waals surface area contributed by atoms with Crippen molar-refractivity contribution in [3.05, 3.63) is 101 Å². The summed E-state index contributed by atoms with van der Waals surface area (Å²) < 4.78 is 5.10. The summed E-state index contributed by atoms with van der Waals surface area (Å²) in [6.07, 6.45) is 5.51. The lowest BCUT2D eigenvalue weighted by Crippen LogP contribution is -2.38. The van der Waals surface area contributed by atoms with Crippen LogP contribution < -0.4 is 5.69 Å². The van der Waals surface area contributed by atoms with E-state index in [2.05, 4.69) is 5.10 Å². The molecule has 162 valence electrons. The number of piperidine rings is 1. The van der Waals surface area contributed by atoms with E-state index in [1.165, 1.54) is 4.68 Å². The normalized spacial score (nSPS) is 14.6. The highest BCUT2D eigenvalue weighted by atomic mass is 16.2. The van der Waals surface area contributed by atoms with Crippen molar-refractivity contribution in [1.29, 1.82) is 0 Å². The molecule has 2 aromatic heterocycles. The van der Waals surface area contributed by atoms with E-state index in [4.69, 9.17) is 0 Å². The number of carbonyl (C=O) groups excluding carboxylic acids is 1. The molecule has 0 aliphatic carbocycles. The molecule has 32 heavy (non-hydrogen) atoms. The Morgan fingerprint density at radius 1 is 0.875 bits per heavy atom. The van der Waals surface area contributed by atoms with Gasteiger partial charge in [0, 0.05) is 49.7 Å². The summed E-state index contributed by atoms with van der Waals surface area (Å²) in [5, 5.41) is 4.53. The van der Waals surface area contributed by atoms with E-state index in [0.29, 0.717) is 18.7 Å². The Bertz CT molecular complexity index is 1260. The van der Waals surface area contributed by atoms with Crippen molar-refractivity contribution < 1.29 is 4.79 Å². The molecule has 0 spiro atoms. The minimum Gasteiger partial charge on any atom is -0.339 e. The second-order valence-corrected chi connectivity index (χ2v) is 8.14. The topological polar surface area (TPSA) is 65.1 Å². The molecule has 5 rings (SSSR count). The molecule has 0 saturated carbocycles. The average molecular weight is 428 g/mol. The number of aromatic nitrogens is 4. The van der Waals surface area contributed by atoms with Gasteiger partial charge in [-0.25, -0.2) is 14.0 Å². The van der Waals surface area contributed by atoms with Crippen molar-refractivity contribution in [2.45, 2.75) is 18.8 Å². The first-order valence-electron chi connectivity index (χ1n) is 10.9. The van der Waals surface area contributed by atoms with Crippen molar-refractivity contribution in [3.63, 3.8) is 0 Å². The Morgan fingerprint density at radius 3 is 2.19 bits per heavy atom. The van der Waals surface area contributed by atoms with Gasteiger partial charge in [0.1, 0.15) is 5.82 Å². The third-order valence-electron chi connectivity index (χ3n) is 6.13. The van der Waals surface area contributed by atoms with E-state index in [1.807, 2.05) is 88.6 Å². The summed E-state index contributed by atoms with van der Waals surface area (Å²) in [5.41, 5.74) is 2.40. The molecule has 4 aromatic rings. The van der Waals surface area contributed by atoms with E-state index in [9.17, 15) is 9.59 Å². The van der Waals surface area contributed by atoms with Gasteiger partial charge in [0.25, 0.3) is 5.91 Å². The molecule has 3 heterocycles. The van der Waals surface area contributed by atoms with E-state index in [0.717, 1.165) is 30.0 Å². The molecule has 0 atom stereocenters. The van der Waals surface area contributed by atoms with E-state index in [-0.39, 0.29) is 17.5 Å². The maximum Gasteiger partial charge on any atom is 0.350 e. The zero-order chi connectivity index (χ0) is 22.1. The first-order valence-corrected chi connectivity index (χ1v) is 10.9. The Balaban J connectivity index is 1.30. The van der Waals surface area contributed by atoms with Crippen LogP contribution in [0.2, 0.25) is 0 Å². The minimum absolute atomic E-state index is 0.0453. The Hall–Kier alpha value is -3.87. The number of benzene rings is 2. The van der Waals surface area contributed by atoms with Gasteiger partial charge in [-0.3, -0.25) is 4.79 Å². The smallest absolute Gasteiger partial charge is 0.339 e. The van der Waals surface area contributed by atoms with Crippen LogP contribution in [0, 0.1) is 0 Å². The fraction of sp³-hybridized carbons (Fsp3) is 0.240. The summed E-state index contributed by atoms with van der Waals surface area (Å²) in [6, 6.07) is 21.3. The van der Waals surface area contributed by atoms with Crippen molar-refractivity contribution in [2.75, 3.05) is 13.1 Å². The van der Waals surface area contributed by atoms with Crippen LogP contribution in [0.3, 0.4) is 0 Å². The maximum atomic E-state index is 13.0. The van der Waals surface area contributed by atoms with Crippen LogP contribution in [0.5, 0.6) is 0 Å². The highest BCUT2D eigenvalue weighted by molar-refractivity contribution is 5.94. The molecule has 1 amide bonds. The lowest BCUT2D eigenvalue weighted by Gasteiger charge is -2.31. The fourth-order valence-corrected chi connectivity index (χ4v) is 4.37. The second kappa shape index (κ2) is 8.34. The van der Waals surface area contributed by atoms with Crippen molar-refractivity contribution in [2.24, 2.45) is 7.05 Å². The molecule has 1 saturated heterocycles. The summed E-state index contributed by atoms with van der Waals surface area (Å²) in [6.45, 7) is 1.28. The lowest BCUT2D eigenvalue weighted by molar-refractivity contribution is 0.0710. The number of likely N-dealkylation sites (tertiary alicyclic amines) is 1. The Labute approximate surface area is 186 Å². The number of aryl methyl sites for hydroxylation is 1. The largest absolute Gasteiger partial charge is 0.350 e. The summed E-state index contributed by atoms with van der Waals surface area (Å²) in [5.74, 6) is 0.945. The molecule has 1 fully saturated rings. The third kappa shape index (κ3) is 3.66. The molecular weight excluding hydrogens is 402 g/mol. The zero-order valence-electron chi connectivity index (χ0n) is 18.0. The van der Waals surface area contributed by atoms with E-state index < -0.39 is 0 Å². The number of nitrogens with zero attached hydrogens (tertiary/aromatic N) is 5. The predicted molar refractivity (Wildman–Crippen MR) is 122 cm³/mol. The van der Waals surface area contributed by atoms with Crippen LogP contribution >= 0.6 is 0 Å². The molecule has 1 aliphatic rings. The number of carbonyl (C=O) groups is 1. The van der Waals surface area contributed by atoms with E-state index >= 15 is 0 Å². The minimum atomic E-state index is -0.146. The first-order chi connectivity index (χ1) is 15.6. The second-order valence-electron chi connectivity index (χ2n) is 8.14. The number of para-hydroxylation sites is 1. The Morgan fingerprint density at radius 2 is 1.53 bits per heavy atom. The zero-order valence-corrected chi connectivity index (χ0v) is 18.0. The maximum absolute atomic E-state index is 13.0. The van der Waals surface area contributed by atoms with Gasteiger partial charge in [-0.05, 0) is 61.4 Å². The SMILES string of the molecule is Cn1nc(C2CCN(C(=O)c3ccc(-n4cccc4)cc3)CC2)n(-c2ccccc2)c1=O. The summed E-state index contributed by atoms with van der Waals surface area (Å²) in [7, 11) is 1.68. The Kier molecular flexibility index (Phi) is 5.23. The number of hydrogen-bond donors (Lipinski definition) is 0. The van der Waals surface area contributed by atoms with Gasteiger partial charge < -0.3 is 9.47 Å². The number of hydrogen-bond acceptors (Lipinski definition) is 3. The van der Waals surface area contributed by atoms with Crippen molar-refractivity contribution >= 4 is 5.91 Å². The van der Waals surface area contributed by atoms with Crippen LogP contribution in [0.15, 0.2) is 83.9 Å². The predicted octanol–water partition coefficient (Wildman–Crippen LogP) is 3.38. The van der Waals surface area contributed by atoms with Gasteiger partial charge in [-0.2, -0.15) is 5.10 Å². The molecule has 0 radical (unpaired) electrons. The monoisotopic (exact) mass is 427 g/mol. The van der Waals surface area contributed by atoms with Gasteiger partial charge in [-0.1, -0.05) is 18.2 Å². The van der Waals surface area contributed by atoms with Gasteiger partial charge in [0.15, 0.2) is 0 Å².